The lowest BCUT2D eigenvalue weighted by atomic mass is 10.1. The topological polar surface area (TPSA) is 127 Å². The van der Waals surface area contributed by atoms with E-state index in [1.807, 2.05) is 5.43 Å². The van der Waals surface area contributed by atoms with Gasteiger partial charge in [0.25, 0.3) is 17.3 Å². The van der Waals surface area contributed by atoms with Crippen LogP contribution < -0.4 is 10.9 Å². The number of nitro groups is 2. The molecule has 0 fully saturated rings. The number of nitrogens with zero attached hydrogens (tertiary/aromatic N) is 2. The van der Waals surface area contributed by atoms with E-state index in [-0.39, 0.29) is 5.02 Å². The molecular formula is C14H8ClF3N4O5. The number of carbonyl (C=O) groups is 1. The summed E-state index contributed by atoms with van der Waals surface area (Å²) in [4.78, 5) is 32.1. The molecule has 0 spiro atoms. The van der Waals surface area contributed by atoms with Crippen LogP contribution >= 0.6 is 11.6 Å². The third-order valence-electron chi connectivity index (χ3n) is 3.23. The number of anilines is 1. The van der Waals surface area contributed by atoms with E-state index in [2.05, 4.69) is 5.43 Å². The fourth-order valence-corrected chi connectivity index (χ4v) is 2.17. The number of amides is 1. The van der Waals surface area contributed by atoms with E-state index in [0.29, 0.717) is 12.1 Å². The minimum atomic E-state index is -4.80. The average Bonchev–Trinajstić information content (AvgIpc) is 2.58. The van der Waals surface area contributed by atoms with E-state index < -0.39 is 50.1 Å². The first-order valence-electron chi connectivity index (χ1n) is 6.86. The number of halogens is 4. The highest BCUT2D eigenvalue weighted by Crippen LogP contribution is 2.34. The molecule has 0 aliphatic carbocycles. The summed E-state index contributed by atoms with van der Waals surface area (Å²) < 4.78 is 38.0. The SMILES string of the molecule is O=C(NNc1ccc(C(F)(F)F)cc1[N+](=O)[O-])c1ccc(Cl)cc1[N+](=O)[O-]. The first-order valence-corrected chi connectivity index (χ1v) is 7.24. The van der Waals surface area contributed by atoms with Crippen LogP contribution in [0, 0.1) is 20.2 Å². The number of nitro benzene ring substituents is 2. The Morgan fingerprint density at radius 1 is 1.00 bits per heavy atom. The molecule has 2 rings (SSSR count). The van der Waals surface area contributed by atoms with Crippen LogP contribution in [0.3, 0.4) is 0 Å². The second kappa shape index (κ2) is 7.45. The molecule has 0 aliphatic heterocycles. The number of alkyl halides is 3. The molecule has 2 aromatic rings. The quantitative estimate of drug-likeness (QED) is 0.574. The van der Waals surface area contributed by atoms with Crippen LogP contribution in [0.15, 0.2) is 36.4 Å². The lowest BCUT2D eigenvalue weighted by molar-refractivity contribution is -0.385. The van der Waals surface area contributed by atoms with Gasteiger partial charge in [-0.2, -0.15) is 13.2 Å². The van der Waals surface area contributed by atoms with E-state index in [1.54, 1.807) is 0 Å². The van der Waals surface area contributed by atoms with Crippen LogP contribution in [0.5, 0.6) is 0 Å². The molecule has 0 radical (unpaired) electrons. The van der Waals surface area contributed by atoms with Gasteiger partial charge in [0.15, 0.2) is 0 Å². The minimum absolute atomic E-state index is 0.00425. The summed E-state index contributed by atoms with van der Waals surface area (Å²) in [5, 5.41) is 22.0. The zero-order chi connectivity index (χ0) is 20.4. The second-order valence-corrected chi connectivity index (χ2v) is 5.42. The molecule has 0 saturated carbocycles. The Labute approximate surface area is 153 Å². The summed E-state index contributed by atoms with van der Waals surface area (Å²) in [6.07, 6.45) is -4.80. The van der Waals surface area contributed by atoms with Gasteiger partial charge in [-0.1, -0.05) is 11.6 Å². The van der Waals surface area contributed by atoms with Crippen LogP contribution in [0.1, 0.15) is 15.9 Å². The summed E-state index contributed by atoms with van der Waals surface area (Å²) in [6, 6.07) is 4.81. The molecule has 142 valence electrons. The molecular weight excluding hydrogens is 397 g/mol. The molecule has 1 amide bonds. The number of rotatable bonds is 5. The number of hydrogen-bond acceptors (Lipinski definition) is 6. The molecule has 27 heavy (non-hydrogen) atoms. The van der Waals surface area contributed by atoms with Gasteiger partial charge in [-0.3, -0.25) is 35.9 Å². The maximum absolute atomic E-state index is 12.7. The van der Waals surface area contributed by atoms with Gasteiger partial charge in [0.1, 0.15) is 11.3 Å². The van der Waals surface area contributed by atoms with Gasteiger partial charge in [-0.15, -0.1) is 0 Å². The Bertz CT molecular complexity index is 935. The van der Waals surface area contributed by atoms with Gasteiger partial charge in [-0.25, -0.2) is 0 Å². The second-order valence-electron chi connectivity index (χ2n) is 4.98. The van der Waals surface area contributed by atoms with E-state index in [4.69, 9.17) is 11.6 Å². The molecule has 13 heteroatoms. The molecule has 0 atom stereocenters. The molecule has 0 heterocycles. The lowest BCUT2D eigenvalue weighted by Gasteiger charge is -2.11. The van der Waals surface area contributed by atoms with E-state index in [9.17, 15) is 38.2 Å². The summed E-state index contributed by atoms with van der Waals surface area (Å²) >= 11 is 5.63. The third-order valence-corrected chi connectivity index (χ3v) is 3.47. The summed E-state index contributed by atoms with van der Waals surface area (Å²) in [7, 11) is 0. The van der Waals surface area contributed by atoms with Crippen LogP contribution in [0.4, 0.5) is 30.2 Å². The van der Waals surface area contributed by atoms with Crippen LogP contribution in [-0.2, 0) is 6.18 Å². The first-order chi connectivity index (χ1) is 12.5. The predicted octanol–water partition coefficient (Wildman–Crippen LogP) is 3.93. The molecule has 0 aromatic heterocycles. The van der Waals surface area contributed by atoms with Crippen molar-refractivity contribution in [3.05, 3.63) is 72.8 Å². The van der Waals surface area contributed by atoms with Gasteiger partial charge >= 0.3 is 6.18 Å². The Kier molecular flexibility index (Phi) is 5.49. The lowest BCUT2D eigenvalue weighted by Crippen LogP contribution is -2.30. The smallest absolute Gasteiger partial charge is 0.292 e. The number of carbonyl (C=O) groups excluding carboxylic acids is 1. The van der Waals surface area contributed by atoms with Crippen LogP contribution in [0.25, 0.3) is 0 Å². The molecule has 2 N–H and O–H groups in total. The van der Waals surface area contributed by atoms with Gasteiger partial charge in [0, 0.05) is 17.2 Å². The predicted molar refractivity (Wildman–Crippen MR) is 87.3 cm³/mol. The highest BCUT2D eigenvalue weighted by atomic mass is 35.5. The first kappa shape index (κ1) is 19.9. The molecule has 9 nitrogen and oxygen atoms in total. The Balaban J connectivity index is 2.28. The van der Waals surface area contributed by atoms with Crippen molar-refractivity contribution in [3.63, 3.8) is 0 Å². The molecule has 2 aromatic carbocycles. The summed E-state index contributed by atoms with van der Waals surface area (Å²) in [6.45, 7) is 0. The van der Waals surface area contributed by atoms with E-state index >= 15 is 0 Å². The van der Waals surface area contributed by atoms with Crippen molar-refractivity contribution in [1.29, 1.82) is 0 Å². The van der Waals surface area contributed by atoms with Crippen molar-refractivity contribution in [2.24, 2.45) is 0 Å². The van der Waals surface area contributed by atoms with Crippen molar-refractivity contribution >= 4 is 34.6 Å². The average molecular weight is 405 g/mol. The van der Waals surface area contributed by atoms with Crippen molar-refractivity contribution in [2.45, 2.75) is 6.18 Å². The van der Waals surface area contributed by atoms with Crippen molar-refractivity contribution < 1.29 is 27.8 Å². The molecule has 0 unspecified atom stereocenters. The zero-order valence-corrected chi connectivity index (χ0v) is 13.7. The zero-order valence-electron chi connectivity index (χ0n) is 12.9. The maximum Gasteiger partial charge on any atom is 0.416 e. The fraction of sp³-hybridized carbons (Fsp3) is 0.0714. The highest BCUT2D eigenvalue weighted by molar-refractivity contribution is 6.31. The number of hydrogen-bond donors (Lipinski definition) is 2. The van der Waals surface area contributed by atoms with Crippen molar-refractivity contribution in [2.75, 3.05) is 5.43 Å². The summed E-state index contributed by atoms with van der Waals surface area (Å²) in [5.74, 6) is -1.05. The monoisotopic (exact) mass is 404 g/mol. The largest absolute Gasteiger partial charge is 0.416 e. The van der Waals surface area contributed by atoms with Crippen molar-refractivity contribution in [1.82, 2.24) is 5.43 Å². The molecule has 0 aliphatic rings. The van der Waals surface area contributed by atoms with Crippen molar-refractivity contribution in [3.8, 4) is 0 Å². The van der Waals surface area contributed by atoms with Gasteiger partial charge in [0.2, 0.25) is 0 Å². The Morgan fingerprint density at radius 2 is 1.63 bits per heavy atom. The number of nitrogens with one attached hydrogen (secondary N) is 2. The minimum Gasteiger partial charge on any atom is -0.292 e. The van der Waals surface area contributed by atoms with Crippen LogP contribution in [-0.4, -0.2) is 15.8 Å². The fourth-order valence-electron chi connectivity index (χ4n) is 2.00. The van der Waals surface area contributed by atoms with E-state index in [0.717, 1.165) is 18.2 Å². The van der Waals surface area contributed by atoms with Gasteiger partial charge in [0.05, 0.1) is 15.4 Å². The number of benzene rings is 2. The Hall–Kier alpha value is -3.41. The number of hydrazine groups is 1. The third kappa shape index (κ3) is 4.61. The van der Waals surface area contributed by atoms with Crippen LogP contribution in [0.2, 0.25) is 5.02 Å². The molecule has 0 saturated heterocycles. The highest BCUT2D eigenvalue weighted by Gasteiger charge is 2.33. The van der Waals surface area contributed by atoms with Gasteiger partial charge in [-0.05, 0) is 24.3 Å². The van der Waals surface area contributed by atoms with E-state index in [1.165, 1.54) is 6.07 Å². The Morgan fingerprint density at radius 3 is 2.19 bits per heavy atom. The van der Waals surface area contributed by atoms with Gasteiger partial charge < -0.3 is 0 Å². The standard InChI is InChI=1S/C14H8ClF3N4O5/c15-8-2-3-9(11(6-8)21(24)25)13(23)20-19-10-4-1-7(14(16,17)18)5-12(10)22(26)27/h1-6,19H,(H,20,23). The normalized spacial score (nSPS) is 11.0. The molecule has 0 bridgehead atoms. The maximum atomic E-state index is 12.7. The summed E-state index contributed by atoms with van der Waals surface area (Å²) in [5.41, 5.74) is 0.372.